The molecule has 0 radical (unpaired) electrons. The van der Waals surface area contributed by atoms with Gasteiger partial charge in [-0.1, -0.05) is 0 Å². The summed E-state index contributed by atoms with van der Waals surface area (Å²) in [5.74, 6) is 0.882. The molecule has 0 spiro atoms. The van der Waals surface area contributed by atoms with Crippen LogP contribution in [-0.4, -0.2) is 12.1 Å². The molecule has 1 aromatic heterocycles. The van der Waals surface area contributed by atoms with Gasteiger partial charge in [-0.05, 0) is 55.7 Å². The van der Waals surface area contributed by atoms with Crippen LogP contribution in [0.1, 0.15) is 22.3 Å². The van der Waals surface area contributed by atoms with Gasteiger partial charge in [0, 0.05) is 11.8 Å². The number of methoxy groups -OCH3 is 1. The lowest BCUT2D eigenvalue weighted by Gasteiger charge is -2.12. The lowest BCUT2D eigenvalue weighted by Crippen LogP contribution is -1.95. The third kappa shape index (κ3) is 2.43. The first-order valence-electron chi connectivity index (χ1n) is 6.09. The number of nitrogens with zero attached hydrogens (tertiary/aromatic N) is 2. The van der Waals surface area contributed by atoms with E-state index in [1.165, 1.54) is 0 Å². The fraction of sp³-hybridized carbons (Fsp3) is 0.250. The average Bonchev–Trinajstić information content (AvgIpc) is 2.41. The number of aryl methyl sites for hydroxylation is 3. The van der Waals surface area contributed by atoms with Crippen molar-refractivity contribution in [2.45, 2.75) is 20.8 Å². The molecule has 0 unspecified atom stereocenters. The first kappa shape index (κ1) is 13.1. The zero-order valence-corrected chi connectivity index (χ0v) is 11.6. The Kier molecular flexibility index (Phi) is 3.52. The quantitative estimate of drug-likeness (QED) is 0.821. The fourth-order valence-corrected chi connectivity index (χ4v) is 2.18. The molecule has 0 aliphatic carbocycles. The lowest BCUT2D eigenvalue weighted by molar-refractivity contribution is 0.411. The van der Waals surface area contributed by atoms with E-state index in [1.807, 2.05) is 32.9 Å². The summed E-state index contributed by atoms with van der Waals surface area (Å²) in [5, 5.41) is 8.88. The van der Waals surface area contributed by atoms with E-state index in [1.54, 1.807) is 13.3 Å². The highest BCUT2D eigenvalue weighted by Crippen LogP contribution is 2.30. The van der Waals surface area contributed by atoms with Crippen LogP contribution in [0.3, 0.4) is 0 Å². The van der Waals surface area contributed by atoms with Crippen LogP contribution in [-0.2, 0) is 0 Å². The maximum absolute atomic E-state index is 8.88. The van der Waals surface area contributed by atoms with Crippen molar-refractivity contribution >= 4 is 0 Å². The Hall–Kier alpha value is -2.34. The molecule has 96 valence electrons. The first-order valence-corrected chi connectivity index (χ1v) is 6.09. The molecule has 0 atom stereocenters. The van der Waals surface area contributed by atoms with E-state index in [9.17, 15) is 0 Å². The van der Waals surface area contributed by atoms with Gasteiger partial charge in [-0.15, -0.1) is 0 Å². The maximum Gasteiger partial charge on any atom is 0.122 e. The van der Waals surface area contributed by atoms with Crippen molar-refractivity contribution in [1.29, 1.82) is 5.26 Å². The van der Waals surface area contributed by atoms with Crippen molar-refractivity contribution in [3.63, 3.8) is 0 Å². The molecule has 3 nitrogen and oxygen atoms in total. The molecule has 19 heavy (non-hydrogen) atoms. The summed E-state index contributed by atoms with van der Waals surface area (Å²) in [7, 11) is 1.67. The van der Waals surface area contributed by atoms with Gasteiger partial charge in [0.2, 0.25) is 0 Å². The number of benzene rings is 1. The largest absolute Gasteiger partial charge is 0.496 e. The Morgan fingerprint density at radius 3 is 2.37 bits per heavy atom. The van der Waals surface area contributed by atoms with Crippen LogP contribution >= 0.6 is 0 Å². The van der Waals surface area contributed by atoms with E-state index in [0.717, 1.165) is 33.7 Å². The second-order valence-electron chi connectivity index (χ2n) is 4.64. The standard InChI is InChI=1S/C16H16N2O/c1-10-7-15(19-4)11(2)6-14(10)16-12(3)5-13(8-17)9-18-16/h5-7,9H,1-4H3. The van der Waals surface area contributed by atoms with Crippen LogP contribution in [0.25, 0.3) is 11.3 Å². The molecule has 3 heteroatoms. The molecule has 0 aliphatic heterocycles. The van der Waals surface area contributed by atoms with Gasteiger partial charge in [-0.25, -0.2) is 0 Å². The SMILES string of the molecule is COc1cc(C)c(-c2ncc(C#N)cc2C)cc1C. The van der Waals surface area contributed by atoms with Crippen LogP contribution in [0.2, 0.25) is 0 Å². The third-order valence-corrected chi connectivity index (χ3v) is 3.20. The average molecular weight is 252 g/mol. The molecule has 0 N–H and O–H groups in total. The van der Waals surface area contributed by atoms with Crippen molar-refractivity contribution in [3.05, 3.63) is 46.6 Å². The monoisotopic (exact) mass is 252 g/mol. The Morgan fingerprint density at radius 1 is 1.05 bits per heavy atom. The van der Waals surface area contributed by atoms with Crippen LogP contribution in [0, 0.1) is 32.1 Å². The topological polar surface area (TPSA) is 45.9 Å². The predicted molar refractivity (Wildman–Crippen MR) is 75.2 cm³/mol. The highest BCUT2D eigenvalue weighted by Gasteiger charge is 2.10. The molecule has 1 heterocycles. The lowest BCUT2D eigenvalue weighted by atomic mass is 9.98. The van der Waals surface area contributed by atoms with Crippen LogP contribution < -0.4 is 4.74 Å². The molecule has 0 bridgehead atoms. The molecule has 0 saturated heterocycles. The van der Waals surface area contributed by atoms with Gasteiger partial charge in [0.1, 0.15) is 11.8 Å². The summed E-state index contributed by atoms with van der Waals surface area (Å²) >= 11 is 0. The Morgan fingerprint density at radius 2 is 1.79 bits per heavy atom. The van der Waals surface area contributed by atoms with Crippen LogP contribution in [0.5, 0.6) is 5.75 Å². The molecular formula is C16H16N2O. The zero-order valence-electron chi connectivity index (χ0n) is 11.6. The van der Waals surface area contributed by atoms with Gasteiger partial charge in [0.15, 0.2) is 0 Å². The van der Waals surface area contributed by atoms with Crippen molar-refractivity contribution < 1.29 is 4.74 Å². The van der Waals surface area contributed by atoms with E-state index in [-0.39, 0.29) is 0 Å². The predicted octanol–water partition coefficient (Wildman–Crippen LogP) is 3.55. The Bertz CT molecular complexity index is 669. The van der Waals surface area contributed by atoms with E-state index in [0.29, 0.717) is 5.56 Å². The number of nitriles is 1. The highest BCUT2D eigenvalue weighted by atomic mass is 16.5. The number of pyridine rings is 1. The third-order valence-electron chi connectivity index (χ3n) is 3.20. The molecule has 0 fully saturated rings. The van der Waals surface area contributed by atoms with E-state index >= 15 is 0 Å². The van der Waals surface area contributed by atoms with Gasteiger partial charge in [0.25, 0.3) is 0 Å². The number of aromatic nitrogens is 1. The van der Waals surface area contributed by atoms with Gasteiger partial charge in [-0.3, -0.25) is 4.98 Å². The van der Waals surface area contributed by atoms with E-state index < -0.39 is 0 Å². The zero-order chi connectivity index (χ0) is 14.0. The molecule has 0 amide bonds. The smallest absolute Gasteiger partial charge is 0.122 e. The molecule has 0 aliphatic rings. The molecule has 1 aromatic carbocycles. The minimum absolute atomic E-state index is 0.587. The van der Waals surface area contributed by atoms with Gasteiger partial charge < -0.3 is 4.74 Å². The molecule has 2 aromatic rings. The summed E-state index contributed by atoms with van der Waals surface area (Å²) in [6, 6.07) is 8.07. The van der Waals surface area contributed by atoms with Crippen molar-refractivity contribution in [2.75, 3.05) is 7.11 Å². The van der Waals surface area contributed by atoms with Gasteiger partial charge in [-0.2, -0.15) is 5.26 Å². The first-order chi connectivity index (χ1) is 9.06. The number of ether oxygens (including phenoxy) is 1. The minimum atomic E-state index is 0.587. The minimum Gasteiger partial charge on any atom is -0.496 e. The molecular weight excluding hydrogens is 236 g/mol. The maximum atomic E-state index is 8.88. The van der Waals surface area contributed by atoms with Crippen LogP contribution in [0.4, 0.5) is 0 Å². The Labute approximate surface area is 113 Å². The normalized spacial score (nSPS) is 10.1. The highest BCUT2D eigenvalue weighted by molar-refractivity contribution is 5.69. The van der Waals surface area contributed by atoms with Crippen molar-refractivity contribution in [3.8, 4) is 23.1 Å². The number of hydrogen-bond acceptors (Lipinski definition) is 3. The summed E-state index contributed by atoms with van der Waals surface area (Å²) in [6.07, 6.45) is 1.61. The van der Waals surface area contributed by atoms with E-state index in [2.05, 4.69) is 17.1 Å². The fourth-order valence-electron chi connectivity index (χ4n) is 2.18. The van der Waals surface area contributed by atoms with Gasteiger partial charge >= 0.3 is 0 Å². The second kappa shape index (κ2) is 5.11. The Balaban J connectivity index is 2.60. The van der Waals surface area contributed by atoms with E-state index in [4.69, 9.17) is 10.00 Å². The summed E-state index contributed by atoms with van der Waals surface area (Å²) < 4.78 is 5.32. The number of rotatable bonds is 2. The number of hydrogen-bond donors (Lipinski definition) is 0. The van der Waals surface area contributed by atoms with Crippen molar-refractivity contribution in [1.82, 2.24) is 4.98 Å². The molecule has 2 rings (SSSR count). The summed E-state index contributed by atoms with van der Waals surface area (Å²) in [5.41, 5.74) is 5.79. The van der Waals surface area contributed by atoms with Gasteiger partial charge in [0.05, 0.1) is 18.4 Å². The summed E-state index contributed by atoms with van der Waals surface area (Å²) in [6.45, 7) is 6.03. The molecule has 0 saturated carbocycles. The second-order valence-corrected chi connectivity index (χ2v) is 4.64. The summed E-state index contributed by atoms with van der Waals surface area (Å²) in [4.78, 5) is 4.41. The van der Waals surface area contributed by atoms with Crippen molar-refractivity contribution in [2.24, 2.45) is 0 Å². The van der Waals surface area contributed by atoms with Crippen LogP contribution in [0.15, 0.2) is 24.4 Å².